The van der Waals surface area contributed by atoms with Gasteiger partial charge in [0.05, 0.1) is 0 Å². The maximum atomic E-state index is 12.4. The SMILES string of the molecule is CCN(CC)S(=O)(=O)c1c(N)nc2sccn12. The average molecular weight is 274 g/mol. The molecule has 0 unspecified atom stereocenters. The number of thiazole rings is 1. The maximum Gasteiger partial charge on any atom is 0.262 e. The Morgan fingerprint density at radius 2 is 2.12 bits per heavy atom. The molecule has 2 aromatic rings. The first-order valence-electron chi connectivity index (χ1n) is 5.23. The predicted molar refractivity (Wildman–Crippen MR) is 67.6 cm³/mol. The first-order chi connectivity index (χ1) is 8.02. The number of sulfonamides is 1. The summed E-state index contributed by atoms with van der Waals surface area (Å²) in [5, 5.41) is 1.85. The number of aromatic nitrogens is 2. The van der Waals surface area contributed by atoms with Gasteiger partial charge < -0.3 is 5.73 Å². The van der Waals surface area contributed by atoms with Gasteiger partial charge in [0, 0.05) is 24.7 Å². The Morgan fingerprint density at radius 1 is 1.47 bits per heavy atom. The molecular weight excluding hydrogens is 260 g/mol. The second-order valence-corrected chi connectivity index (χ2v) is 6.17. The Morgan fingerprint density at radius 3 is 2.71 bits per heavy atom. The zero-order chi connectivity index (χ0) is 12.6. The van der Waals surface area contributed by atoms with Gasteiger partial charge in [-0.2, -0.15) is 4.31 Å². The summed E-state index contributed by atoms with van der Waals surface area (Å²) in [5.74, 6) is 0.0590. The number of fused-ring (bicyclic) bond motifs is 1. The van der Waals surface area contributed by atoms with Crippen LogP contribution in [0.4, 0.5) is 5.82 Å². The third-order valence-corrected chi connectivity index (χ3v) is 5.38. The molecule has 0 aliphatic carbocycles. The minimum Gasteiger partial charge on any atom is -0.381 e. The normalized spacial score (nSPS) is 12.6. The van der Waals surface area contributed by atoms with Gasteiger partial charge in [0.15, 0.2) is 15.8 Å². The van der Waals surface area contributed by atoms with Crippen molar-refractivity contribution in [2.75, 3.05) is 18.8 Å². The molecule has 0 saturated heterocycles. The van der Waals surface area contributed by atoms with E-state index in [9.17, 15) is 8.42 Å². The van der Waals surface area contributed by atoms with Crippen LogP contribution < -0.4 is 5.73 Å². The lowest BCUT2D eigenvalue weighted by atomic mass is 10.7. The van der Waals surface area contributed by atoms with E-state index in [1.54, 1.807) is 25.4 Å². The minimum absolute atomic E-state index is 0.0590. The Labute approximate surface area is 104 Å². The number of nitrogen functional groups attached to an aromatic ring is 1. The molecule has 0 aliphatic heterocycles. The first kappa shape index (κ1) is 12.3. The third-order valence-electron chi connectivity index (χ3n) is 2.53. The van der Waals surface area contributed by atoms with Crippen molar-refractivity contribution in [1.29, 1.82) is 0 Å². The van der Waals surface area contributed by atoms with Crippen molar-refractivity contribution < 1.29 is 8.42 Å². The Balaban J connectivity index is 2.66. The second kappa shape index (κ2) is 4.28. The first-order valence-corrected chi connectivity index (χ1v) is 7.55. The van der Waals surface area contributed by atoms with Gasteiger partial charge in [0.1, 0.15) is 0 Å². The van der Waals surface area contributed by atoms with Crippen molar-refractivity contribution in [2.45, 2.75) is 18.9 Å². The summed E-state index contributed by atoms with van der Waals surface area (Å²) in [6.07, 6.45) is 1.67. The van der Waals surface area contributed by atoms with E-state index in [1.165, 1.54) is 20.0 Å². The molecule has 2 rings (SSSR count). The van der Waals surface area contributed by atoms with Gasteiger partial charge in [-0.1, -0.05) is 13.8 Å². The van der Waals surface area contributed by atoms with Crippen LogP contribution in [0.25, 0.3) is 4.96 Å². The number of imidazole rings is 1. The standard InChI is InChI=1S/C9H14N4O2S2/c1-3-12(4-2)17(14,15)8-7(10)11-9-13(8)5-6-16-9/h5-6H,3-4,10H2,1-2H3. The molecular formula is C9H14N4O2S2. The van der Waals surface area contributed by atoms with E-state index in [0.717, 1.165) is 0 Å². The zero-order valence-electron chi connectivity index (χ0n) is 9.62. The van der Waals surface area contributed by atoms with E-state index in [1.807, 2.05) is 0 Å². The van der Waals surface area contributed by atoms with Crippen LogP contribution in [-0.2, 0) is 10.0 Å². The lowest BCUT2D eigenvalue weighted by Gasteiger charge is -2.17. The van der Waals surface area contributed by atoms with Crippen molar-refractivity contribution >= 4 is 32.1 Å². The monoisotopic (exact) mass is 274 g/mol. The number of anilines is 1. The number of hydrogen-bond acceptors (Lipinski definition) is 5. The van der Waals surface area contributed by atoms with Gasteiger partial charge in [-0.3, -0.25) is 4.40 Å². The van der Waals surface area contributed by atoms with Crippen LogP contribution in [0.2, 0.25) is 0 Å². The molecule has 0 aliphatic rings. The fourth-order valence-corrected chi connectivity index (χ4v) is 4.13. The number of rotatable bonds is 4. The van der Waals surface area contributed by atoms with Crippen LogP contribution in [0.5, 0.6) is 0 Å². The fraction of sp³-hybridized carbons (Fsp3) is 0.444. The summed E-state index contributed by atoms with van der Waals surface area (Å²) < 4.78 is 27.6. The van der Waals surface area contributed by atoms with Gasteiger partial charge in [-0.25, -0.2) is 13.4 Å². The summed E-state index contributed by atoms with van der Waals surface area (Å²) in [6, 6.07) is 0. The van der Waals surface area contributed by atoms with Crippen molar-refractivity contribution in [3.05, 3.63) is 11.6 Å². The number of hydrogen-bond donors (Lipinski definition) is 1. The molecule has 0 saturated carbocycles. The Kier molecular flexibility index (Phi) is 3.11. The molecule has 2 heterocycles. The summed E-state index contributed by atoms with van der Waals surface area (Å²) in [4.78, 5) is 4.63. The summed E-state index contributed by atoms with van der Waals surface area (Å²) >= 11 is 1.35. The Hall–Kier alpha value is -1.12. The van der Waals surface area contributed by atoms with Gasteiger partial charge in [0.2, 0.25) is 0 Å². The minimum atomic E-state index is -3.57. The van der Waals surface area contributed by atoms with Gasteiger partial charge >= 0.3 is 0 Å². The van der Waals surface area contributed by atoms with Crippen LogP contribution in [0.1, 0.15) is 13.8 Å². The highest BCUT2D eigenvalue weighted by molar-refractivity contribution is 7.89. The third kappa shape index (κ3) is 1.81. The van der Waals surface area contributed by atoms with E-state index < -0.39 is 10.0 Å². The van der Waals surface area contributed by atoms with Crippen LogP contribution >= 0.6 is 11.3 Å². The molecule has 6 nitrogen and oxygen atoms in total. The van der Waals surface area contributed by atoms with Crippen molar-refractivity contribution in [2.24, 2.45) is 0 Å². The van der Waals surface area contributed by atoms with E-state index in [-0.39, 0.29) is 10.8 Å². The van der Waals surface area contributed by atoms with Crippen LogP contribution in [0, 0.1) is 0 Å². The molecule has 2 aromatic heterocycles. The average Bonchev–Trinajstić information content (AvgIpc) is 2.77. The highest BCUT2D eigenvalue weighted by Gasteiger charge is 2.29. The van der Waals surface area contributed by atoms with Gasteiger partial charge in [0.25, 0.3) is 10.0 Å². The smallest absolute Gasteiger partial charge is 0.262 e. The summed E-state index contributed by atoms with van der Waals surface area (Å²) in [5.41, 5.74) is 5.70. The molecule has 17 heavy (non-hydrogen) atoms. The van der Waals surface area contributed by atoms with Crippen LogP contribution in [0.15, 0.2) is 16.6 Å². The molecule has 0 bridgehead atoms. The van der Waals surface area contributed by atoms with Crippen LogP contribution in [0.3, 0.4) is 0 Å². The lowest BCUT2D eigenvalue weighted by Crippen LogP contribution is -2.31. The zero-order valence-corrected chi connectivity index (χ0v) is 11.3. The molecule has 8 heteroatoms. The lowest BCUT2D eigenvalue weighted by molar-refractivity contribution is 0.442. The second-order valence-electron chi connectivity index (χ2n) is 3.45. The maximum absolute atomic E-state index is 12.4. The summed E-state index contributed by atoms with van der Waals surface area (Å²) in [7, 11) is -3.57. The van der Waals surface area contributed by atoms with Crippen LogP contribution in [-0.4, -0.2) is 35.2 Å². The van der Waals surface area contributed by atoms with E-state index in [4.69, 9.17) is 5.73 Å². The van der Waals surface area contributed by atoms with E-state index in [0.29, 0.717) is 18.1 Å². The highest BCUT2D eigenvalue weighted by atomic mass is 32.2. The molecule has 0 amide bonds. The molecule has 0 fully saturated rings. The topological polar surface area (TPSA) is 80.7 Å². The van der Waals surface area contributed by atoms with Crippen molar-refractivity contribution in [1.82, 2.24) is 13.7 Å². The summed E-state index contributed by atoms with van der Waals surface area (Å²) in [6.45, 7) is 4.41. The fourth-order valence-electron chi connectivity index (χ4n) is 1.72. The quantitative estimate of drug-likeness (QED) is 0.902. The van der Waals surface area contributed by atoms with Gasteiger partial charge in [-0.05, 0) is 0 Å². The van der Waals surface area contributed by atoms with Crippen molar-refractivity contribution in [3.8, 4) is 0 Å². The van der Waals surface area contributed by atoms with E-state index in [2.05, 4.69) is 4.98 Å². The van der Waals surface area contributed by atoms with E-state index >= 15 is 0 Å². The largest absolute Gasteiger partial charge is 0.381 e. The molecule has 2 N–H and O–H groups in total. The molecule has 0 spiro atoms. The Bertz CT molecular complexity index is 625. The molecule has 0 atom stereocenters. The molecule has 0 aromatic carbocycles. The highest BCUT2D eigenvalue weighted by Crippen LogP contribution is 2.25. The van der Waals surface area contributed by atoms with Crippen molar-refractivity contribution in [3.63, 3.8) is 0 Å². The van der Waals surface area contributed by atoms with Gasteiger partial charge in [-0.15, -0.1) is 11.3 Å². The molecule has 0 radical (unpaired) electrons. The number of nitrogens with two attached hydrogens (primary N) is 1. The molecule has 94 valence electrons. The predicted octanol–water partition coefficient (Wildman–Crippen LogP) is 1.01. The number of nitrogens with zero attached hydrogens (tertiary/aromatic N) is 3.